The van der Waals surface area contributed by atoms with Crippen LogP contribution in [-0.2, 0) is 11.3 Å². The molecular formula is C12H21NOS. The average molecular weight is 227 g/mol. The van der Waals surface area contributed by atoms with Gasteiger partial charge in [0.2, 0.25) is 0 Å². The highest BCUT2D eigenvalue weighted by Gasteiger charge is 1.95. The minimum atomic E-state index is 0.835. The number of thiophene rings is 1. The van der Waals surface area contributed by atoms with Crippen molar-refractivity contribution < 1.29 is 4.74 Å². The zero-order chi connectivity index (χ0) is 10.9. The summed E-state index contributed by atoms with van der Waals surface area (Å²) in [5, 5.41) is 3.45. The minimum absolute atomic E-state index is 0.835. The maximum Gasteiger partial charge on any atom is 0.0466 e. The third-order valence-corrected chi connectivity index (χ3v) is 3.19. The molecule has 0 aliphatic heterocycles. The van der Waals surface area contributed by atoms with Crippen molar-refractivity contribution in [3.8, 4) is 0 Å². The summed E-state index contributed by atoms with van der Waals surface area (Å²) in [6, 6.07) is 4.38. The Bertz CT molecular complexity index is 260. The van der Waals surface area contributed by atoms with Crippen LogP contribution in [0.2, 0.25) is 0 Å². The first-order valence-corrected chi connectivity index (χ1v) is 6.48. The highest BCUT2D eigenvalue weighted by molar-refractivity contribution is 7.11. The van der Waals surface area contributed by atoms with Crippen molar-refractivity contribution >= 4 is 11.3 Å². The lowest BCUT2D eigenvalue weighted by atomic mass is 10.3. The van der Waals surface area contributed by atoms with E-state index in [1.54, 1.807) is 0 Å². The second-order valence-corrected chi connectivity index (χ2v) is 4.97. The summed E-state index contributed by atoms with van der Waals surface area (Å²) >= 11 is 1.87. The molecule has 0 unspecified atom stereocenters. The molecule has 1 rings (SSSR count). The van der Waals surface area contributed by atoms with Crippen LogP contribution in [0, 0.1) is 6.92 Å². The molecular weight excluding hydrogens is 206 g/mol. The highest BCUT2D eigenvalue weighted by Crippen LogP contribution is 2.14. The van der Waals surface area contributed by atoms with Crippen LogP contribution in [0.1, 0.15) is 29.5 Å². The Morgan fingerprint density at radius 1 is 1.33 bits per heavy atom. The quantitative estimate of drug-likeness (QED) is 0.689. The van der Waals surface area contributed by atoms with E-state index in [-0.39, 0.29) is 0 Å². The van der Waals surface area contributed by atoms with Crippen molar-refractivity contribution in [2.45, 2.75) is 33.2 Å². The van der Waals surface area contributed by atoms with Gasteiger partial charge in [-0.25, -0.2) is 0 Å². The maximum absolute atomic E-state index is 5.28. The zero-order valence-electron chi connectivity index (χ0n) is 9.71. The molecule has 86 valence electrons. The van der Waals surface area contributed by atoms with E-state index in [1.807, 2.05) is 18.3 Å². The Morgan fingerprint density at radius 2 is 2.20 bits per heavy atom. The number of hydrogen-bond donors (Lipinski definition) is 1. The van der Waals surface area contributed by atoms with Gasteiger partial charge in [-0.05, 0) is 45.4 Å². The van der Waals surface area contributed by atoms with Crippen molar-refractivity contribution in [1.82, 2.24) is 5.32 Å². The lowest BCUT2D eigenvalue weighted by molar-refractivity contribution is 0.143. The molecule has 0 fully saturated rings. The predicted molar refractivity (Wildman–Crippen MR) is 66.5 cm³/mol. The third kappa shape index (κ3) is 5.92. The Kier molecular flexibility index (Phi) is 6.64. The second-order valence-electron chi connectivity index (χ2n) is 3.59. The molecule has 0 aliphatic rings. The molecule has 15 heavy (non-hydrogen) atoms. The van der Waals surface area contributed by atoms with Gasteiger partial charge in [0.1, 0.15) is 0 Å². The number of hydrogen-bond acceptors (Lipinski definition) is 3. The summed E-state index contributed by atoms with van der Waals surface area (Å²) < 4.78 is 5.28. The van der Waals surface area contributed by atoms with E-state index >= 15 is 0 Å². The first kappa shape index (κ1) is 12.7. The second kappa shape index (κ2) is 7.85. The first-order chi connectivity index (χ1) is 7.33. The first-order valence-electron chi connectivity index (χ1n) is 5.66. The molecule has 0 bridgehead atoms. The smallest absolute Gasteiger partial charge is 0.0466 e. The van der Waals surface area contributed by atoms with Crippen LogP contribution in [0.4, 0.5) is 0 Å². The third-order valence-electron chi connectivity index (χ3n) is 2.19. The van der Waals surface area contributed by atoms with Gasteiger partial charge in [0, 0.05) is 29.5 Å². The van der Waals surface area contributed by atoms with E-state index in [0.717, 1.165) is 32.7 Å². The molecule has 3 heteroatoms. The van der Waals surface area contributed by atoms with Crippen molar-refractivity contribution in [2.24, 2.45) is 0 Å². The van der Waals surface area contributed by atoms with Gasteiger partial charge in [-0.3, -0.25) is 0 Å². The number of nitrogens with one attached hydrogen (secondary N) is 1. The number of rotatable bonds is 8. The molecule has 0 saturated carbocycles. The summed E-state index contributed by atoms with van der Waals surface area (Å²) in [5.41, 5.74) is 0. The van der Waals surface area contributed by atoms with Gasteiger partial charge in [0.15, 0.2) is 0 Å². The van der Waals surface area contributed by atoms with Crippen LogP contribution in [0.3, 0.4) is 0 Å². The molecule has 0 amide bonds. The van der Waals surface area contributed by atoms with Gasteiger partial charge in [-0.2, -0.15) is 0 Å². The SMILES string of the molecule is CCOCCCCNCc1ccc(C)s1. The zero-order valence-corrected chi connectivity index (χ0v) is 10.5. The molecule has 2 nitrogen and oxygen atoms in total. The predicted octanol–water partition coefficient (Wildman–Crippen LogP) is 2.96. The van der Waals surface area contributed by atoms with Gasteiger partial charge in [0.05, 0.1) is 0 Å². The van der Waals surface area contributed by atoms with E-state index in [9.17, 15) is 0 Å². The Labute approximate surface area is 96.7 Å². The summed E-state index contributed by atoms with van der Waals surface area (Å²) in [4.78, 5) is 2.82. The molecule has 0 saturated heterocycles. The molecule has 0 radical (unpaired) electrons. The van der Waals surface area contributed by atoms with Crippen molar-refractivity contribution in [2.75, 3.05) is 19.8 Å². The van der Waals surface area contributed by atoms with Crippen LogP contribution in [0.15, 0.2) is 12.1 Å². The van der Waals surface area contributed by atoms with Crippen LogP contribution < -0.4 is 5.32 Å². The van der Waals surface area contributed by atoms with Crippen molar-refractivity contribution in [3.05, 3.63) is 21.9 Å². The molecule has 1 heterocycles. The fourth-order valence-corrected chi connectivity index (χ4v) is 2.25. The van der Waals surface area contributed by atoms with Gasteiger partial charge >= 0.3 is 0 Å². The molecule has 0 aromatic carbocycles. The fraction of sp³-hybridized carbons (Fsp3) is 0.667. The maximum atomic E-state index is 5.28. The standard InChI is InChI=1S/C12H21NOS/c1-3-14-9-5-4-8-13-10-12-7-6-11(2)15-12/h6-7,13H,3-5,8-10H2,1-2H3. The van der Waals surface area contributed by atoms with E-state index in [4.69, 9.17) is 4.74 Å². The number of aryl methyl sites for hydroxylation is 1. The van der Waals surface area contributed by atoms with Gasteiger partial charge in [-0.15, -0.1) is 11.3 Å². The van der Waals surface area contributed by atoms with E-state index in [0.29, 0.717) is 0 Å². The van der Waals surface area contributed by atoms with Crippen LogP contribution in [-0.4, -0.2) is 19.8 Å². The summed E-state index contributed by atoms with van der Waals surface area (Å²) in [7, 11) is 0. The minimum Gasteiger partial charge on any atom is -0.382 e. The fourth-order valence-electron chi connectivity index (χ4n) is 1.39. The van der Waals surface area contributed by atoms with Gasteiger partial charge in [0.25, 0.3) is 0 Å². The Morgan fingerprint density at radius 3 is 2.87 bits per heavy atom. The molecule has 0 atom stereocenters. The van der Waals surface area contributed by atoms with E-state index < -0.39 is 0 Å². The van der Waals surface area contributed by atoms with Gasteiger partial charge in [-0.1, -0.05) is 0 Å². The summed E-state index contributed by atoms with van der Waals surface area (Å²) in [6.07, 6.45) is 2.36. The van der Waals surface area contributed by atoms with Crippen LogP contribution >= 0.6 is 11.3 Å². The molecule has 0 spiro atoms. The lowest BCUT2D eigenvalue weighted by Crippen LogP contribution is -2.14. The molecule has 1 N–H and O–H groups in total. The largest absolute Gasteiger partial charge is 0.382 e. The monoisotopic (exact) mass is 227 g/mol. The molecule has 1 aromatic rings. The highest BCUT2D eigenvalue weighted by atomic mass is 32.1. The number of ether oxygens (including phenoxy) is 1. The van der Waals surface area contributed by atoms with E-state index in [1.165, 1.54) is 16.2 Å². The molecule has 1 aromatic heterocycles. The summed E-state index contributed by atoms with van der Waals surface area (Å²) in [5.74, 6) is 0. The Hall–Kier alpha value is -0.380. The van der Waals surface area contributed by atoms with E-state index in [2.05, 4.69) is 24.4 Å². The normalized spacial score (nSPS) is 10.8. The molecule has 0 aliphatic carbocycles. The van der Waals surface area contributed by atoms with Crippen molar-refractivity contribution in [1.29, 1.82) is 0 Å². The van der Waals surface area contributed by atoms with Crippen LogP contribution in [0.5, 0.6) is 0 Å². The average Bonchev–Trinajstić information content (AvgIpc) is 2.63. The topological polar surface area (TPSA) is 21.3 Å². The Balaban J connectivity index is 1.93. The number of unbranched alkanes of at least 4 members (excludes halogenated alkanes) is 1. The lowest BCUT2D eigenvalue weighted by Gasteiger charge is -2.03. The van der Waals surface area contributed by atoms with Crippen LogP contribution in [0.25, 0.3) is 0 Å². The summed E-state index contributed by atoms with van der Waals surface area (Å²) in [6.45, 7) is 8.02. The van der Waals surface area contributed by atoms with Crippen molar-refractivity contribution in [3.63, 3.8) is 0 Å². The van der Waals surface area contributed by atoms with Gasteiger partial charge < -0.3 is 10.1 Å².